The Bertz CT molecular complexity index is 1040. The van der Waals surface area contributed by atoms with Gasteiger partial charge in [-0.15, -0.1) is 0 Å². The van der Waals surface area contributed by atoms with E-state index in [1.807, 2.05) is 0 Å². The van der Waals surface area contributed by atoms with E-state index in [1.54, 1.807) is 0 Å². The van der Waals surface area contributed by atoms with Gasteiger partial charge in [-0.1, -0.05) is 63.4 Å². The fourth-order valence-electron chi connectivity index (χ4n) is 4.20. The van der Waals surface area contributed by atoms with Gasteiger partial charge in [-0.05, 0) is 73.5 Å². The average molecular weight is 553 g/mol. The van der Waals surface area contributed by atoms with Crippen LogP contribution in [0.1, 0.15) is 64.0 Å². The van der Waals surface area contributed by atoms with Crippen molar-refractivity contribution < 1.29 is 17.7 Å². The molecule has 0 aliphatic carbocycles. The molecule has 1 heterocycles. The second-order valence-corrected chi connectivity index (χ2v) is 12.4. The third kappa shape index (κ3) is 12.1. The number of aryl methyl sites for hydroxylation is 1. The molecular weight excluding hydrogens is 508 g/mol. The summed E-state index contributed by atoms with van der Waals surface area (Å²) < 4.78 is 31.8. The van der Waals surface area contributed by atoms with E-state index in [4.69, 9.17) is 20.9 Å². The third-order valence-corrected chi connectivity index (χ3v) is 7.46. The van der Waals surface area contributed by atoms with E-state index in [0.717, 1.165) is 62.0 Å². The van der Waals surface area contributed by atoms with Gasteiger partial charge in [-0.2, -0.15) is 8.42 Å². The predicted molar refractivity (Wildman–Crippen MR) is 156 cm³/mol. The van der Waals surface area contributed by atoms with Crippen LogP contribution in [0.4, 0.5) is 5.69 Å². The van der Waals surface area contributed by atoms with Crippen LogP contribution in [0.5, 0.6) is 5.75 Å². The van der Waals surface area contributed by atoms with Crippen molar-refractivity contribution in [3.05, 3.63) is 58.6 Å². The summed E-state index contributed by atoms with van der Waals surface area (Å²) in [4.78, 5) is 5.05. The SMILES string of the molecule is CCC(C)(C)c1ccc(OCCCCCCN2CCN(c3ccc(C)c(Cl)c3)CC2)cc1.CS(=O)(=O)O. The number of hydrogen-bond acceptors (Lipinski definition) is 5. The highest BCUT2D eigenvalue weighted by molar-refractivity contribution is 7.85. The van der Waals surface area contributed by atoms with E-state index < -0.39 is 10.1 Å². The molecular formula is C29H45ClN2O4S. The van der Waals surface area contributed by atoms with Crippen molar-refractivity contribution >= 4 is 27.4 Å². The zero-order valence-corrected chi connectivity index (χ0v) is 24.7. The van der Waals surface area contributed by atoms with Crippen molar-refractivity contribution in [3.8, 4) is 5.75 Å². The van der Waals surface area contributed by atoms with Crippen molar-refractivity contribution in [2.24, 2.45) is 0 Å². The Morgan fingerprint density at radius 3 is 2.14 bits per heavy atom. The summed E-state index contributed by atoms with van der Waals surface area (Å²) in [7, 11) is -3.67. The summed E-state index contributed by atoms with van der Waals surface area (Å²) in [6.07, 6.45) is 6.78. The molecule has 37 heavy (non-hydrogen) atoms. The minimum Gasteiger partial charge on any atom is -0.494 e. The van der Waals surface area contributed by atoms with Gasteiger partial charge in [0.2, 0.25) is 0 Å². The number of nitrogens with zero attached hydrogens (tertiary/aromatic N) is 2. The number of piperazine rings is 1. The molecule has 6 nitrogen and oxygen atoms in total. The maximum Gasteiger partial charge on any atom is 0.261 e. The van der Waals surface area contributed by atoms with Crippen LogP contribution in [0, 0.1) is 6.92 Å². The number of hydrogen-bond donors (Lipinski definition) is 1. The minimum atomic E-state index is -3.67. The lowest BCUT2D eigenvalue weighted by Crippen LogP contribution is -2.46. The molecule has 0 amide bonds. The molecule has 1 N–H and O–H groups in total. The van der Waals surface area contributed by atoms with Crippen molar-refractivity contribution in [1.82, 2.24) is 4.90 Å². The lowest BCUT2D eigenvalue weighted by Gasteiger charge is -2.36. The molecule has 0 saturated carbocycles. The van der Waals surface area contributed by atoms with E-state index in [0.29, 0.717) is 6.26 Å². The number of rotatable bonds is 11. The van der Waals surface area contributed by atoms with E-state index in [9.17, 15) is 8.42 Å². The lowest BCUT2D eigenvalue weighted by atomic mass is 9.82. The first-order chi connectivity index (χ1) is 17.4. The smallest absolute Gasteiger partial charge is 0.261 e. The second-order valence-electron chi connectivity index (χ2n) is 10.5. The molecule has 0 spiro atoms. The Balaban J connectivity index is 0.000000877. The molecule has 3 rings (SSSR count). The Hall–Kier alpha value is -1.80. The van der Waals surface area contributed by atoms with Crippen LogP contribution in [-0.2, 0) is 15.5 Å². The first-order valence-corrected chi connectivity index (χ1v) is 15.5. The second kappa shape index (κ2) is 15.0. The number of benzene rings is 2. The largest absolute Gasteiger partial charge is 0.494 e. The Kier molecular flexibility index (Phi) is 12.7. The first-order valence-electron chi connectivity index (χ1n) is 13.3. The highest BCUT2D eigenvalue weighted by Gasteiger charge is 2.18. The minimum absolute atomic E-state index is 0.236. The van der Waals surface area contributed by atoms with Gasteiger partial charge in [0.05, 0.1) is 12.9 Å². The molecule has 0 radical (unpaired) electrons. The molecule has 0 aromatic heterocycles. The van der Waals surface area contributed by atoms with Gasteiger partial charge >= 0.3 is 0 Å². The highest BCUT2D eigenvalue weighted by atomic mass is 35.5. The van der Waals surface area contributed by atoms with Crippen LogP contribution in [0.15, 0.2) is 42.5 Å². The molecule has 1 aliphatic heterocycles. The number of ether oxygens (including phenoxy) is 1. The van der Waals surface area contributed by atoms with Crippen molar-refractivity contribution in [2.45, 2.75) is 65.2 Å². The molecule has 2 aromatic rings. The molecule has 8 heteroatoms. The van der Waals surface area contributed by atoms with Crippen molar-refractivity contribution in [2.75, 3.05) is 50.5 Å². The van der Waals surface area contributed by atoms with Crippen LogP contribution in [-0.4, -0.2) is 63.5 Å². The topological polar surface area (TPSA) is 70.1 Å². The van der Waals surface area contributed by atoms with Gasteiger partial charge in [0, 0.05) is 36.9 Å². The van der Waals surface area contributed by atoms with Crippen molar-refractivity contribution in [3.63, 3.8) is 0 Å². The van der Waals surface area contributed by atoms with Gasteiger partial charge in [-0.25, -0.2) is 0 Å². The summed E-state index contributed by atoms with van der Waals surface area (Å²) in [5.41, 5.74) is 4.02. The fraction of sp³-hybridized carbons (Fsp3) is 0.586. The normalized spacial score (nSPS) is 14.7. The van der Waals surface area contributed by atoms with Crippen LogP contribution in [0.25, 0.3) is 0 Å². The molecule has 0 atom stereocenters. The zero-order chi connectivity index (χ0) is 27.5. The van der Waals surface area contributed by atoms with Gasteiger partial charge in [0.1, 0.15) is 5.75 Å². The Morgan fingerprint density at radius 2 is 1.57 bits per heavy atom. The third-order valence-electron chi connectivity index (χ3n) is 7.05. The number of anilines is 1. The summed E-state index contributed by atoms with van der Waals surface area (Å²) in [5.74, 6) is 0.994. The van der Waals surface area contributed by atoms with Gasteiger partial charge < -0.3 is 9.64 Å². The first kappa shape index (κ1) is 31.4. The monoisotopic (exact) mass is 552 g/mol. The maximum atomic E-state index is 9.19. The summed E-state index contributed by atoms with van der Waals surface area (Å²) in [5, 5.41) is 0.867. The quantitative estimate of drug-likeness (QED) is 0.250. The lowest BCUT2D eigenvalue weighted by molar-refractivity contribution is 0.249. The number of unbranched alkanes of at least 4 members (excludes halogenated alkanes) is 3. The summed E-state index contributed by atoms with van der Waals surface area (Å²) in [6.45, 7) is 15.4. The highest BCUT2D eigenvalue weighted by Crippen LogP contribution is 2.28. The fourth-order valence-corrected chi connectivity index (χ4v) is 4.37. The Labute approximate surface area is 229 Å². The standard InChI is InChI=1S/C28H41ClN2O.CH4O3S/c1-5-28(3,4)24-11-14-26(15-12-24)32-21-9-7-6-8-16-30-17-19-31(20-18-30)25-13-10-23(2)27(29)22-25;1-5(2,3)4/h10-15,22H,5-9,16-21H2,1-4H3;1H3,(H,2,3,4). The summed E-state index contributed by atoms with van der Waals surface area (Å²) in [6, 6.07) is 15.1. The van der Waals surface area contributed by atoms with E-state index in [2.05, 4.69) is 80.0 Å². The molecule has 0 unspecified atom stereocenters. The predicted octanol–water partition coefficient (Wildman–Crippen LogP) is 6.60. The van der Waals surface area contributed by atoms with Crippen molar-refractivity contribution in [1.29, 1.82) is 0 Å². The van der Waals surface area contributed by atoms with Gasteiger partial charge in [-0.3, -0.25) is 9.45 Å². The molecule has 0 bridgehead atoms. The molecule has 1 saturated heterocycles. The number of halogens is 1. The molecule has 2 aromatic carbocycles. The molecule has 1 fully saturated rings. The van der Waals surface area contributed by atoms with Crippen LogP contribution in [0.3, 0.4) is 0 Å². The Morgan fingerprint density at radius 1 is 0.973 bits per heavy atom. The van der Waals surface area contributed by atoms with Crippen LogP contribution in [0.2, 0.25) is 5.02 Å². The van der Waals surface area contributed by atoms with Crippen LogP contribution < -0.4 is 9.64 Å². The van der Waals surface area contributed by atoms with E-state index in [1.165, 1.54) is 37.1 Å². The zero-order valence-electron chi connectivity index (χ0n) is 23.2. The van der Waals surface area contributed by atoms with E-state index in [-0.39, 0.29) is 5.41 Å². The molecule has 1 aliphatic rings. The maximum absolute atomic E-state index is 9.19. The van der Waals surface area contributed by atoms with E-state index >= 15 is 0 Å². The average Bonchev–Trinajstić information content (AvgIpc) is 2.85. The van der Waals surface area contributed by atoms with Gasteiger partial charge in [0.15, 0.2) is 0 Å². The van der Waals surface area contributed by atoms with Gasteiger partial charge in [0.25, 0.3) is 10.1 Å². The summed E-state index contributed by atoms with van der Waals surface area (Å²) >= 11 is 6.30. The molecule has 208 valence electrons. The van der Waals surface area contributed by atoms with Crippen LogP contribution >= 0.6 is 11.6 Å².